The van der Waals surface area contributed by atoms with Gasteiger partial charge < -0.3 is 15.5 Å². The molecule has 1 aromatic rings. The minimum absolute atomic E-state index is 0.0547. The van der Waals surface area contributed by atoms with Crippen LogP contribution in [0.2, 0.25) is 0 Å². The summed E-state index contributed by atoms with van der Waals surface area (Å²) < 4.78 is 1.07. The summed E-state index contributed by atoms with van der Waals surface area (Å²) in [4.78, 5) is 13.8. The van der Waals surface area contributed by atoms with Crippen molar-refractivity contribution >= 4 is 27.5 Å². The second-order valence-corrected chi connectivity index (χ2v) is 6.46. The average Bonchev–Trinajstić information content (AvgIpc) is 2.43. The van der Waals surface area contributed by atoms with Gasteiger partial charge in [-0.1, -0.05) is 42.8 Å². The van der Waals surface area contributed by atoms with E-state index in [1.165, 1.54) is 5.56 Å². The largest absolute Gasteiger partial charge is 0.365 e. The van der Waals surface area contributed by atoms with E-state index in [1.54, 1.807) is 0 Å². The van der Waals surface area contributed by atoms with E-state index in [1.807, 2.05) is 18.0 Å². The quantitative estimate of drug-likeness (QED) is 0.753. The summed E-state index contributed by atoms with van der Waals surface area (Å²) in [5, 5.41) is 6.24. The minimum atomic E-state index is 0.0547. The van der Waals surface area contributed by atoms with E-state index in [2.05, 4.69) is 59.5 Å². The molecule has 0 radical (unpaired) electrons. The highest BCUT2D eigenvalue weighted by atomic mass is 79.9. The van der Waals surface area contributed by atoms with E-state index in [-0.39, 0.29) is 5.91 Å². The molecule has 1 aromatic carbocycles. The van der Waals surface area contributed by atoms with Crippen LogP contribution >= 0.6 is 15.9 Å². The summed E-state index contributed by atoms with van der Waals surface area (Å²) in [6.07, 6.45) is 0. The fourth-order valence-corrected chi connectivity index (χ4v) is 2.36. The molecule has 0 bridgehead atoms. The third-order valence-electron chi connectivity index (χ3n) is 3.13. The Kier molecular flexibility index (Phi) is 7.75. The predicted octanol–water partition coefficient (Wildman–Crippen LogP) is 2.77. The van der Waals surface area contributed by atoms with Crippen molar-refractivity contribution in [3.8, 4) is 0 Å². The summed E-state index contributed by atoms with van der Waals surface area (Å²) in [7, 11) is 1.93. The zero-order chi connectivity index (χ0) is 15.8. The first-order valence-corrected chi connectivity index (χ1v) is 8.20. The number of anilines is 1. The predicted molar refractivity (Wildman–Crippen MR) is 92.6 cm³/mol. The first kappa shape index (κ1) is 18.0. The number of nitrogens with zero attached hydrogens (tertiary/aromatic N) is 1. The van der Waals surface area contributed by atoms with Crippen LogP contribution in [-0.2, 0) is 11.3 Å². The smallest absolute Gasteiger partial charge is 0.239 e. The molecule has 0 saturated heterocycles. The van der Waals surface area contributed by atoms with Gasteiger partial charge in [-0.25, -0.2) is 0 Å². The Bertz CT molecular complexity index is 463. The topological polar surface area (TPSA) is 44.4 Å². The van der Waals surface area contributed by atoms with Gasteiger partial charge in [-0.3, -0.25) is 4.79 Å². The molecule has 0 aliphatic carbocycles. The van der Waals surface area contributed by atoms with Crippen molar-refractivity contribution in [3.05, 3.63) is 28.2 Å². The molecule has 21 heavy (non-hydrogen) atoms. The monoisotopic (exact) mass is 355 g/mol. The Hall–Kier alpha value is -1.07. The van der Waals surface area contributed by atoms with Gasteiger partial charge in [-0.05, 0) is 30.2 Å². The molecule has 0 aromatic heterocycles. The molecule has 5 heteroatoms. The fraction of sp³-hybridized carbons (Fsp3) is 0.562. The lowest BCUT2D eigenvalue weighted by molar-refractivity contribution is -0.119. The SMILES string of the molecule is CCNCc1ccc(N(C)CC(=O)NCC(C)C)cc1Br. The molecule has 0 aliphatic heterocycles. The van der Waals surface area contributed by atoms with Crippen LogP contribution in [-0.4, -0.2) is 32.6 Å². The van der Waals surface area contributed by atoms with Crippen molar-refractivity contribution in [3.63, 3.8) is 0 Å². The first-order valence-electron chi connectivity index (χ1n) is 7.41. The van der Waals surface area contributed by atoms with Gasteiger partial charge >= 0.3 is 0 Å². The van der Waals surface area contributed by atoms with Gasteiger partial charge in [0.25, 0.3) is 0 Å². The molecule has 0 spiro atoms. The molecule has 0 saturated carbocycles. The number of hydrogen-bond acceptors (Lipinski definition) is 3. The minimum Gasteiger partial charge on any atom is -0.365 e. The summed E-state index contributed by atoms with van der Waals surface area (Å²) in [5.74, 6) is 0.526. The second kappa shape index (κ2) is 9.05. The van der Waals surface area contributed by atoms with Crippen LogP contribution < -0.4 is 15.5 Å². The van der Waals surface area contributed by atoms with Gasteiger partial charge in [0.1, 0.15) is 0 Å². The molecule has 1 amide bonds. The number of benzene rings is 1. The molecule has 1 rings (SSSR count). The summed E-state index contributed by atoms with van der Waals surface area (Å²) in [6.45, 7) is 9.14. The highest BCUT2D eigenvalue weighted by Crippen LogP contribution is 2.23. The Balaban J connectivity index is 2.59. The van der Waals surface area contributed by atoms with Gasteiger partial charge in [0.05, 0.1) is 6.54 Å². The van der Waals surface area contributed by atoms with E-state index in [0.717, 1.165) is 29.8 Å². The third-order valence-corrected chi connectivity index (χ3v) is 3.87. The van der Waals surface area contributed by atoms with Crippen molar-refractivity contribution in [2.75, 3.05) is 31.6 Å². The van der Waals surface area contributed by atoms with Gasteiger partial charge in [-0.15, -0.1) is 0 Å². The van der Waals surface area contributed by atoms with Gasteiger partial charge in [-0.2, -0.15) is 0 Å². The Labute approximate surface area is 136 Å². The lowest BCUT2D eigenvalue weighted by Crippen LogP contribution is -2.36. The van der Waals surface area contributed by atoms with Crippen molar-refractivity contribution in [1.82, 2.24) is 10.6 Å². The lowest BCUT2D eigenvalue weighted by Gasteiger charge is -2.20. The zero-order valence-electron chi connectivity index (χ0n) is 13.4. The van der Waals surface area contributed by atoms with Crippen molar-refractivity contribution in [1.29, 1.82) is 0 Å². The Morgan fingerprint density at radius 2 is 2.10 bits per heavy atom. The number of amides is 1. The van der Waals surface area contributed by atoms with Crippen molar-refractivity contribution in [2.24, 2.45) is 5.92 Å². The maximum Gasteiger partial charge on any atom is 0.239 e. The normalized spacial score (nSPS) is 10.8. The standard InChI is InChI=1S/C16H26BrN3O/c1-5-18-10-13-6-7-14(8-15(13)17)20(4)11-16(21)19-9-12(2)3/h6-8,12,18H,5,9-11H2,1-4H3,(H,19,21). The molecule has 0 unspecified atom stereocenters. The van der Waals surface area contributed by atoms with Crippen molar-refractivity contribution in [2.45, 2.75) is 27.3 Å². The molecular weight excluding hydrogens is 330 g/mol. The zero-order valence-corrected chi connectivity index (χ0v) is 15.0. The van der Waals surface area contributed by atoms with Gasteiger partial charge in [0.15, 0.2) is 0 Å². The number of halogens is 1. The molecular formula is C16H26BrN3O. The van der Waals surface area contributed by atoms with Crippen LogP contribution in [0.4, 0.5) is 5.69 Å². The van der Waals surface area contributed by atoms with Crippen LogP contribution in [0.5, 0.6) is 0 Å². The lowest BCUT2D eigenvalue weighted by atomic mass is 10.2. The number of hydrogen-bond donors (Lipinski definition) is 2. The average molecular weight is 356 g/mol. The van der Waals surface area contributed by atoms with Crippen molar-refractivity contribution < 1.29 is 4.79 Å². The van der Waals surface area contributed by atoms with Crippen LogP contribution in [0.1, 0.15) is 26.3 Å². The number of carbonyl (C=O) groups is 1. The first-order chi connectivity index (χ1) is 9.93. The third kappa shape index (κ3) is 6.48. The highest BCUT2D eigenvalue weighted by molar-refractivity contribution is 9.10. The van der Waals surface area contributed by atoms with E-state index >= 15 is 0 Å². The van der Waals surface area contributed by atoms with E-state index in [0.29, 0.717) is 12.5 Å². The van der Waals surface area contributed by atoms with E-state index in [4.69, 9.17) is 0 Å². The molecule has 0 heterocycles. The fourth-order valence-electron chi connectivity index (χ4n) is 1.86. The molecule has 0 atom stereocenters. The molecule has 2 N–H and O–H groups in total. The van der Waals surface area contributed by atoms with E-state index < -0.39 is 0 Å². The van der Waals surface area contributed by atoms with Gasteiger partial charge in [0, 0.05) is 30.3 Å². The van der Waals surface area contributed by atoms with Gasteiger partial charge in [0.2, 0.25) is 5.91 Å². The number of carbonyl (C=O) groups excluding carboxylic acids is 1. The Morgan fingerprint density at radius 3 is 2.67 bits per heavy atom. The maximum absolute atomic E-state index is 11.8. The highest BCUT2D eigenvalue weighted by Gasteiger charge is 2.09. The second-order valence-electron chi connectivity index (χ2n) is 5.61. The summed E-state index contributed by atoms with van der Waals surface area (Å²) in [5.41, 5.74) is 2.25. The van der Waals surface area contributed by atoms with Crippen LogP contribution in [0.3, 0.4) is 0 Å². The van der Waals surface area contributed by atoms with E-state index in [9.17, 15) is 4.79 Å². The molecule has 0 aliphatic rings. The number of likely N-dealkylation sites (N-methyl/N-ethyl adjacent to an activating group) is 1. The Morgan fingerprint density at radius 1 is 1.38 bits per heavy atom. The van der Waals surface area contributed by atoms with Crippen LogP contribution in [0.15, 0.2) is 22.7 Å². The van der Waals surface area contributed by atoms with Crippen LogP contribution in [0.25, 0.3) is 0 Å². The molecule has 0 fully saturated rings. The van der Waals surface area contributed by atoms with Crippen LogP contribution in [0, 0.1) is 5.92 Å². The summed E-state index contributed by atoms with van der Waals surface area (Å²) in [6, 6.07) is 6.19. The number of nitrogens with one attached hydrogen (secondary N) is 2. The number of rotatable bonds is 8. The molecule has 4 nitrogen and oxygen atoms in total. The maximum atomic E-state index is 11.8. The summed E-state index contributed by atoms with van der Waals surface area (Å²) >= 11 is 3.59. The molecule has 118 valence electrons.